The van der Waals surface area contributed by atoms with E-state index in [1.165, 1.54) is 0 Å². The van der Waals surface area contributed by atoms with Gasteiger partial charge in [0.1, 0.15) is 0 Å². The summed E-state index contributed by atoms with van der Waals surface area (Å²) in [6.45, 7) is 0. The van der Waals surface area contributed by atoms with E-state index in [2.05, 4.69) is 41.3 Å². The van der Waals surface area contributed by atoms with Gasteiger partial charge < -0.3 is 9.64 Å². The van der Waals surface area contributed by atoms with Crippen LogP contribution in [0.25, 0.3) is 5.57 Å². The molecule has 5 heteroatoms. The number of hydrogen-bond donors (Lipinski definition) is 0. The van der Waals surface area contributed by atoms with Crippen LogP contribution in [-0.4, -0.2) is 18.5 Å². The zero-order chi connectivity index (χ0) is 22.8. The lowest BCUT2D eigenvalue weighted by Gasteiger charge is -2.37. The molecule has 3 aromatic carbocycles. The minimum absolute atomic E-state index is 0.317. The minimum Gasteiger partial charge on any atom is -0.420 e. The summed E-state index contributed by atoms with van der Waals surface area (Å²) in [5.74, 6) is 0.318. The van der Waals surface area contributed by atoms with Gasteiger partial charge in [0, 0.05) is 11.3 Å². The average molecular weight is 470 g/mol. The van der Waals surface area contributed by atoms with Crippen molar-refractivity contribution < 1.29 is 9.53 Å². The van der Waals surface area contributed by atoms with Gasteiger partial charge in [0.15, 0.2) is 5.75 Å². The number of carbonyl (C=O) groups excluding carboxylic acids is 1. The van der Waals surface area contributed by atoms with Crippen LogP contribution in [0.15, 0.2) is 112 Å². The summed E-state index contributed by atoms with van der Waals surface area (Å²) in [4.78, 5) is 17.9. The largest absolute Gasteiger partial charge is 0.420 e. The van der Waals surface area contributed by atoms with Crippen LogP contribution in [0.1, 0.15) is 12.0 Å². The molecule has 2 aliphatic rings. The van der Waals surface area contributed by atoms with E-state index in [1.807, 2.05) is 67.1 Å². The highest BCUT2D eigenvalue weighted by Crippen LogP contribution is 2.47. The van der Waals surface area contributed by atoms with E-state index in [-0.39, 0.29) is 5.97 Å². The van der Waals surface area contributed by atoms with Gasteiger partial charge in [-0.2, -0.15) is 0 Å². The lowest BCUT2D eigenvalue weighted by molar-refractivity contribution is -0.128. The first-order valence-electron chi connectivity index (χ1n) is 10.7. The number of thioether (sulfide) groups is 2. The summed E-state index contributed by atoms with van der Waals surface area (Å²) in [7, 11) is 0. The van der Waals surface area contributed by atoms with E-state index < -0.39 is 0 Å². The maximum Gasteiger partial charge on any atom is 0.344 e. The predicted molar refractivity (Wildman–Crippen MR) is 139 cm³/mol. The van der Waals surface area contributed by atoms with Crippen molar-refractivity contribution in [1.29, 1.82) is 0 Å². The Kier molecular flexibility index (Phi) is 6.16. The molecule has 0 saturated carbocycles. The highest BCUT2D eigenvalue weighted by molar-refractivity contribution is 7.99. The van der Waals surface area contributed by atoms with Crippen LogP contribution in [0.5, 0.6) is 5.75 Å². The molecule has 0 N–H and O–H groups in total. The summed E-state index contributed by atoms with van der Waals surface area (Å²) < 4.78 is 6.14. The number of para-hydroxylation sites is 3. The Morgan fingerprint density at radius 2 is 1.58 bits per heavy atom. The first kappa shape index (κ1) is 21.7. The quantitative estimate of drug-likeness (QED) is 0.219. The Bertz CT molecular complexity index is 1290. The maximum atomic E-state index is 13.8. The molecule has 3 aromatic rings. The Labute approximate surface area is 202 Å². The monoisotopic (exact) mass is 469 g/mol. The molecular weight excluding hydrogens is 446 g/mol. The van der Waals surface area contributed by atoms with E-state index in [1.54, 1.807) is 23.5 Å². The van der Waals surface area contributed by atoms with Crippen LogP contribution in [-0.2, 0) is 4.79 Å². The van der Waals surface area contributed by atoms with Crippen molar-refractivity contribution in [1.82, 2.24) is 0 Å². The Morgan fingerprint density at radius 3 is 2.30 bits per heavy atom. The number of esters is 1. The van der Waals surface area contributed by atoms with E-state index in [4.69, 9.17) is 4.74 Å². The van der Waals surface area contributed by atoms with E-state index in [9.17, 15) is 4.79 Å². The third-order valence-corrected chi connectivity index (χ3v) is 7.30. The molecule has 0 bridgehead atoms. The van der Waals surface area contributed by atoms with Gasteiger partial charge in [-0.1, -0.05) is 54.6 Å². The first-order chi connectivity index (χ1) is 16.2. The number of allylic oxidation sites excluding steroid dienone is 4. The second-order valence-corrected chi connectivity index (χ2v) is 9.30. The molecule has 5 rings (SSSR count). The van der Waals surface area contributed by atoms with Crippen LogP contribution in [0.3, 0.4) is 0 Å². The second-order valence-electron chi connectivity index (χ2n) is 7.61. The van der Waals surface area contributed by atoms with Gasteiger partial charge in [0.05, 0.1) is 26.7 Å². The third-order valence-electron chi connectivity index (χ3n) is 5.77. The normalized spacial score (nSPS) is 14.5. The van der Waals surface area contributed by atoms with Crippen molar-refractivity contribution in [3.63, 3.8) is 0 Å². The number of nitrogens with zero attached hydrogens (tertiary/aromatic N) is 1. The molecule has 0 unspecified atom stereocenters. The Balaban J connectivity index is 1.66. The summed E-state index contributed by atoms with van der Waals surface area (Å²) >= 11 is 3.16. The molecule has 0 fully saturated rings. The van der Waals surface area contributed by atoms with Gasteiger partial charge in [-0.05, 0) is 60.9 Å². The molecule has 0 spiro atoms. The zero-order valence-electron chi connectivity index (χ0n) is 18.4. The van der Waals surface area contributed by atoms with Gasteiger partial charge in [-0.3, -0.25) is 0 Å². The standard InChI is InChI=1S/C28H23NO2S2/c1-32-24-17-10-18-25(33-2)27(24)31-28(30)26-20-13-6-8-15-22(20)29(19-11-4-3-5-12-19)23-16-9-7-14-21(23)26/h3-13,15-18H,14H2,1-2H3. The lowest BCUT2D eigenvalue weighted by Crippen LogP contribution is -2.27. The van der Waals surface area contributed by atoms with Crippen molar-refractivity contribution in [3.8, 4) is 5.75 Å². The molecule has 0 saturated heterocycles. The molecule has 0 aromatic heterocycles. The summed E-state index contributed by atoms with van der Waals surface area (Å²) in [5, 5.41) is 0. The van der Waals surface area contributed by atoms with Crippen molar-refractivity contribution in [3.05, 3.63) is 108 Å². The topological polar surface area (TPSA) is 29.5 Å². The van der Waals surface area contributed by atoms with Crippen LogP contribution in [0.4, 0.5) is 11.4 Å². The molecule has 1 aliphatic carbocycles. The lowest BCUT2D eigenvalue weighted by atomic mass is 9.87. The summed E-state index contributed by atoms with van der Waals surface area (Å²) in [5.41, 5.74) is 5.56. The number of anilines is 2. The average Bonchev–Trinajstić information content (AvgIpc) is 2.87. The molecule has 0 atom stereocenters. The highest BCUT2D eigenvalue weighted by atomic mass is 32.2. The fourth-order valence-electron chi connectivity index (χ4n) is 4.31. The molecule has 1 heterocycles. The van der Waals surface area contributed by atoms with Crippen LogP contribution in [0, 0.1) is 0 Å². The SMILES string of the molecule is CSc1cccc(SC)c1OC(=O)C1=C2CC=CC=C2N(c2ccccc2)c2ccccc21. The van der Waals surface area contributed by atoms with Gasteiger partial charge in [-0.25, -0.2) is 4.79 Å². The van der Waals surface area contributed by atoms with Crippen molar-refractivity contribution in [2.24, 2.45) is 0 Å². The van der Waals surface area contributed by atoms with Gasteiger partial charge in [0.2, 0.25) is 0 Å². The van der Waals surface area contributed by atoms with Crippen molar-refractivity contribution in [2.45, 2.75) is 16.2 Å². The fraction of sp³-hybridized carbons (Fsp3) is 0.107. The number of benzene rings is 3. The van der Waals surface area contributed by atoms with Crippen LogP contribution >= 0.6 is 23.5 Å². The Morgan fingerprint density at radius 1 is 0.879 bits per heavy atom. The first-order valence-corrected chi connectivity index (χ1v) is 13.2. The van der Waals surface area contributed by atoms with E-state index >= 15 is 0 Å². The van der Waals surface area contributed by atoms with Crippen LogP contribution in [0.2, 0.25) is 0 Å². The second kappa shape index (κ2) is 9.38. The number of hydrogen-bond acceptors (Lipinski definition) is 5. The molecule has 164 valence electrons. The highest BCUT2D eigenvalue weighted by Gasteiger charge is 2.34. The van der Waals surface area contributed by atoms with Crippen molar-refractivity contribution in [2.75, 3.05) is 17.4 Å². The zero-order valence-corrected chi connectivity index (χ0v) is 20.1. The number of carbonyl (C=O) groups is 1. The van der Waals surface area contributed by atoms with E-state index in [0.717, 1.165) is 38.0 Å². The number of ether oxygens (including phenoxy) is 1. The fourth-order valence-corrected chi connectivity index (χ4v) is 5.48. The summed E-state index contributed by atoms with van der Waals surface area (Å²) in [6.07, 6.45) is 10.9. The predicted octanol–water partition coefficient (Wildman–Crippen LogP) is 7.49. The number of fused-ring (bicyclic) bond motifs is 2. The molecule has 0 radical (unpaired) electrons. The maximum absolute atomic E-state index is 13.8. The third kappa shape index (κ3) is 3.92. The van der Waals surface area contributed by atoms with Gasteiger partial charge >= 0.3 is 5.97 Å². The Hall–Kier alpha value is -3.15. The smallest absolute Gasteiger partial charge is 0.344 e. The molecule has 3 nitrogen and oxygen atoms in total. The molecular formula is C28H23NO2S2. The molecule has 1 aliphatic heterocycles. The van der Waals surface area contributed by atoms with E-state index in [0.29, 0.717) is 17.7 Å². The minimum atomic E-state index is -0.317. The van der Waals surface area contributed by atoms with Gasteiger partial charge in [0.25, 0.3) is 0 Å². The molecule has 33 heavy (non-hydrogen) atoms. The van der Waals surface area contributed by atoms with Gasteiger partial charge in [-0.15, -0.1) is 23.5 Å². The summed E-state index contributed by atoms with van der Waals surface area (Å²) in [6, 6.07) is 24.3. The number of rotatable bonds is 5. The van der Waals surface area contributed by atoms with Crippen LogP contribution < -0.4 is 9.64 Å². The molecule has 0 amide bonds. The van der Waals surface area contributed by atoms with Crippen molar-refractivity contribution >= 4 is 46.4 Å².